The van der Waals surface area contributed by atoms with Crippen molar-refractivity contribution in [2.45, 2.75) is 6.92 Å². The third-order valence-electron chi connectivity index (χ3n) is 3.88. The van der Waals surface area contributed by atoms with E-state index in [1.54, 1.807) is 17.5 Å². The van der Waals surface area contributed by atoms with E-state index in [4.69, 9.17) is 0 Å². The van der Waals surface area contributed by atoms with Crippen LogP contribution >= 0.6 is 0 Å². The van der Waals surface area contributed by atoms with E-state index in [0.717, 1.165) is 0 Å². The van der Waals surface area contributed by atoms with Crippen LogP contribution in [0.5, 0.6) is 0 Å². The van der Waals surface area contributed by atoms with Crippen molar-refractivity contribution in [2.75, 3.05) is 30.7 Å². The number of fused-ring (bicyclic) bond motifs is 1. The van der Waals surface area contributed by atoms with Crippen molar-refractivity contribution >= 4 is 21.5 Å². The topological polar surface area (TPSA) is 90.5 Å². The Labute approximate surface area is 129 Å². The molecule has 0 amide bonds. The molecule has 7 nitrogen and oxygen atoms in total. The van der Waals surface area contributed by atoms with Crippen LogP contribution in [-0.4, -0.2) is 47.5 Å². The number of rotatable bonds is 5. The number of aromatic nitrogens is 2. The maximum absolute atomic E-state index is 11.7. The second kappa shape index (κ2) is 5.59. The molecule has 3 heterocycles. The average molecular weight is 319 g/mol. The summed E-state index contributed by atoms with van der Waals surface area (Å²) in [6, 6.07) is 7.70. The Morgan fingerprint density at radius 2 is 2.23 bits per heavy atom. The largest absolute Gasteiger partial charge is 0.367 e. The summed E-state index contributed by atoms with van der Waals surface area (Å²) in [5, 5.41) is 12.5. The van der Waals surface area contributed by atoms with E-state index < -0.39 is 10.0 Å². The summed E-state index contributed by atoms with van der Waals surface area (Å²) < 4.78 is 26.6. The standard InChI is InChI=1S/C14H17N5O2S/c1-2-22(20,21)18-9-11(10-18)8-16-14-12(7-15)19-6-4-3-5-13(19)17-14/h3-6,11,16H,2,8-10H2,1H3. The molecule has 0 atom stereocenters. The Balaban J connectivity index is 1.65. The number of hydrogen-bond acceptors (Lipinski definition) is 5. The van der Waals surface area contributed by atoms with Crippen molar-refractivity contribution < 1.29 is 8.42 Å². The molecule has 1 aliphatic rings. The highest BCUT2D eigenvalue weighted by Gasteiger charge is 2.34. The van der Waals surface area contributed by atoms with Crippen molar-refractivity contribution in [3.05, 3.63) is 30.1 Å². The maximum Gasteiger partial charge on any atom is 0.213 e. The Morgan fingerprint density at radius 1 is 1.45 bits per heavy atom. The van der Waals surface area contributed by atoms with E-state index in [0.29, 0.717) is 36.8 Å². The predicted octanol–water partition coefficient (Wildman–Crippen LogP) is 0.899. The molecular weight excluding hydrogens is 302 g/mol. The molecule has 0 aliphatic carbocycles. The van der Waals surface area contributed by atoms with Gasteiger partial charge in [0.05, 0.1) is 5.75 Å². The molecule has 0 radical (unpaired) electrons. The van der Waals surface area contributed by atoms with Gasteiger partial charge in [-0.2, -0.15) is 5.26 Å². The molecule has 1 N–H and O–H groups in total. The smallest absolute Gasteiger partial charge is 0.213 e. The van der Waals surface area contributed by atoms with Crippen molar-refractivity contribution in [3.63, 3.8) is 0 Å². The number of pyridine rings is 1. The van der Waals surface area contributed by atoms with Crippen LogP contribution < -0.4 is 5.32 Å². The third-order valence-corrected chi connectivity index (χ3v) is 5.69. The lowest BCUT2D eigenvalue weighted by molar-refractivity contribution is 0.212. The van der Waals surface area contributed by atoms with Gasteiger partial charge in [0.2, 0.25) is 10.0 Å². The molecule has 1 saturated heterocycles. The van der Waals surface area contributed by atoms with Crippen LogP contribution in [0.2, 0.25) is 0 Å². The van der Waals surface area contributed by atoms with Crippen LogP contribution in [0.4, 0.5) is 5.82 Å². The molecule has 0 unspecified atom stereocenters. The summed E-state index contributed by atoms with van der Waals surface area (Å²) in [4.78, 5) is 4.40. The van der Waals surface area contributed by atoms with Gasteiger partial charge in [0.25, 0.3) is 0 Å². The van der Waals surface area contributed by atoms with Gasteiger partial charge in [0.15, 0.2) is 11.5 Å². The highest BCUT2D eigenvalue weighted by atomic mass is 32.2. The van der Waals surface area contributed by atoms with Gasteiger partial charge in [0.1, 0.15) is 11.7 Å². The van der Waals surface area contributed by atoms with Gasteiger partial charge in [-0.3, -0.25) is 4.40 Å². The Hall–Kier alpha value is -2.11. The summed E-state index contributed by atoms with van der Waals surface area (Å²) in [6.45, 7) is 3.31. The molecule has 22 heavy (non-hydrogen) atoms. The summed E-state index contributed by atoms with van der Waals surface area (Å²) in [6.07, 6.45) is 1.80. The highest BCUT2D eigenvalue weighted by molar-refractivity contribution is 7.89. The molecule has 3 rings (SSSR count). The summed E-state index contributed by atoms with van der Waals surface area (Å²) in [5.41, 5.74) is 1.18. The predicted molar refractivity (Wildman–Crippen MR) is 82.9 cm³/mol. The van der Waals surface area contributed by atoms with Crippen LogP contribution in [-0.2, 0) is 10.0 Å². The van der Waals surface area contributed by atoms with E-state index >= 15 is 0 Å². The summed E-state index contributed by atoms with van der Waals surface area (Å²) in [7, 11) is -3.08. The number of nitriles is 1. The molecule has 0 spiro atoms. The molecule has 0 aromatic carbocycles. The van der Waals surface area contributed by atoms with E-state index in [1.807, 2.05) is 18.2 Å². The van der Waals surface area contributed by atoms with Gasteiger partial charge < -0.3 is 5.32 Å². The number of nitrogens with one attached hydrogen (secondary N) is 1. The molecule has 2 aromatic rings. The van der Waals surface area contributed by atoms with Crippen LogP contribution in [0, 0.1) is 17.2 Å². The molecule has 8 heteroatoms. The van der Waals surface area contributed by atoms with E-state index in [-0.39, 0.29) is 11.7 Å². The van der Waals surface area contributed by atoms with Gasteiger partial charge >= 0.3 is 0 Å². The number of hydrogen-bond donors (Lipinski definition) is 1. The van der Waals surface area contributed by atoms with Gasteiger partial charge in [-0.15, -0.1) is 0 Å². The first-order chi connectivity index (χ1) is 10.5. The SMILES string of the molecule is CCS(=O)(=O)N1CC(CNc2nc3ccccn3c2C#N)C1. The molecule has 0 saturated carbocycles. The zero-order valence-electron chi connectivity index (χ0n) is 12.2. The molecule has 1 aliphatic heterocycles. The van der Waals surface area contributed by atoms with E-state index in [9.17, 15) is 13.7 Å². The normalized spacial score (nSPS) is 16.4. The Kier molecular flexibility index (Phi) is 3.76. The van der Waals surface area contributed by atoms with Gasteiger partial charge in [0, 0.05) is 31.7 Å². The lowest BCUT2D eigenvalue weighted by Gasteiger charge is -2.37. The Morgan fingerprint density at radius 3 is 2.91 bits per heavy atom. The van der Waals surface area contributed by atoms with Crippen LogP contribution in [0.25, 0.3) is 5.65 Å². The second-order valence-electron chi connectivity index (χ2n) is 5.31. The minimum atomic E-state index is -3.08. The minimum Gasteiger partial charge on any atom is -0.367 e. The van der Waals surface area contributed by atoms with E-state index in [2.05, 4.69) is 16.4 Å². The van der Waals surface area contributed by atoms with Crippen molar-refractivity contribution in [3.8, 4) is 6.07 Å². The maximum atomic E-state index is 11.7. The number of anilines is 1. The first-order valence-electron chi connectivity index (χ1n) is 7.14. The molecule has 1 fully saturated rings. The fraction of sp³-hybridized carbons (Fsp3) is 0.429. The number of nitrogens with zero attached hydrogens (tertiary/aromatic N) is 4. The Bertz CT molecular complexity index is 831. The highest BCUT2D eigenvalue weighted by Crippen LogP contribution is 2.22. The first-order valence-corrected chi connectivity index (χ1v) is 8.75. The van der Waals surface area contributed by atoms with Gasteiger partial charge in [-0.05, 0) is 19.1 Å². The van der Waals surface area contributed by atoms with Crippen LogP contribution in [0.1, 0.15) is 12.6 Å². The first kappa shape index (κ1) is 14.8. The van der Waals surface area contributed by atoms with Crippen molar-refractivity contribution in [2.24, 2.45) is 5.92 Å². The fourth-order valence-corrected chi connectivity index (χ4v) is 3.77. The minimum absolute atomic E-state index is 0.137. The van der Waals surface area contributed by atoms with Gasteiger partial charge in [-0.25, -0.2) is 17.7 Å². The second-order valence-corrected chi connectivity index (χ2v) is 7.57. The van der Waals surface area contributed by atoms with E-state index in [1.165, 1.54) is 4.31 Å². The average Bonchev–Trinajstić information content (AvgIpc) is 2.82. The lowest BCUT2D eigenvalue weighted by atomic mass is 10.0. The molecule has 116 valence electrons. The molecule has 0 bridgehead atoms. The number of sulfonamides is 1. The number of imidazole rings is 1. The van der Waals surface area contributed by atoms with Gasteiger partial charge in [-0.1, -0.05) is 6.07 Å². The molecular formula is C14H17N5O2S. The summed E-state index contributed by atoms with van der Waals surface area (Å²) >= 11 is 0. The van der Waals surface area contributed by atoms with Crippen molar-refractivity contribution in [1.29, 1.82) is 5.26 Å². The van der Waals surface area contributed by atoms with Crippen LogP contribution in [0.3, 0.4) is 0 Å². The summed E-state index contributed by atoms with van der Waals surface area (Å²) in [5.74, 6) is 0.932. The third kappa shape index (κ3) is 2.53. The fourth-order valence-electron chi connectivity index (χ4n) is 2.53. The molecule has 2 aromatic heterocycles. The quantitative estimate of drug-likeness (QED) is 0.884. The zero-order valence-corrected chi connectivity index (χ0v) is 13.0. The lowest BCUT2D eigenvalue weighted by Crippen LogP contribution is -2.52. The monoisotopic (exact) mass is 319 g/mol. The van der Waals surface area contributed by atoms with Crippen LogP contribution in [0.15, 0.2) is 24.4 Å². The van der Waals surface area contributed by atoms with Crippen molar-refractivity contribution in [1.82, 2.24) is 13.7 Å². The zero-order chi connectivity index (χ0) is 15.7.